The highest BCUT2D eigenvalue weighted by Gasteiger charge is 2.33. The monoisotopic (exact) mass is 313 g/mol. The van der Waals surface area contributed by atoms with E-state index >= 15 is 0 Å². The average Bonchev–Trinajstić information content (AvgIpc) is 2.43. The number of hydrogen-bond acceptors (Lipinski definition) is 3. The highest BCUT2D eigenvalue weighted by Crippen LogP contribution is 2.28. The molecule has 0 bridgehead atoms. The second-order valence-electron chi connectivity index (χ2n) is 7.69. The van der Waals surface area contributed by atoms with Crippen LogP contribution in [0.3, 0.4) is 0 Å². The summed E-state index contributed by atoms with van der Waals surface area (Å²) >= 11 is 0. The molecule has 1 aliphatic heterocycles. The molecule has 0 spiro atoms. The molecule has 0 aromatic rings. The minimum atomic E-state index is -0.463. The third-order valence-electron chi connectivity index (χ3n) is 4.52. The lowest BCUT2D eigenvalue weighted by molar-refractivity contribution is -0.0136. The molecule has 0 radical (unpaired) electrons. The third kappa shape index (κ3) is 6.55. The van der Waals surface area contributed by atoms with Crippen LogP contribution in [0.15, 0.2) is 0 Å². The average molecular weight is 313 g/mol. The van der Waals surface area contributed by atoms with Crippen molar-refractivity contribution < 1.29 is 14.6 Å². The van der Waals surface area contributed by atoms with Crippen LogP contribution in [0.4, 0.5) is 4.79 Å². The molecule has 0 aromatic heterocycles. The molecule has 130 valence electrons. The van der Waals surface area contributed by atoms with Crippen molar-refractivity contribution in [1.29, 1.82) is 0 Å². The molecule has 1 N–H and O–H groups in total. The Balaban J connectivity index is 2.57. The molecule has 0 aliphatic carbocycles. The Hall–Kier alpha value is -0.770. The lowest BCUT2D eigenvalue weighted by Gasteiger charge is -2.38. The van der Waals surface area contributed by atoms with E-state index in [4.69, 9.17) is 4.74 Å². The van der Waals surface area contributed by atoms with Gasteiger partial charge in [0, 0.05) is 19.0 Å². The second kappa shape index (κ2) is 8.76. The minimum absolute atomic E-state index is 0.183. The van der Waals surface area contributed by atoms with Gasteiger partial charge in [0.05, 0.1) is 6.10 Å². The smallest absolute Gasteiger partial charge is 0.410 e. The van der Waals surface area contributed by atoms with Crippen LogP contribution < -0.4 is 0 Å². The summed E-state index contributed by atoms with van der Waals surface area (Å²) in [6.45, 7) is 11.3. The van der Waals surface area contributed by atoms with E-state index in [1.54, 1.807) is 4.90 Å². The highest BCUT2D eigenvalue weighted by molar-refractivity contribution is 5.68. The maximum absolute atomic E-state index is 12.2. The van der Waals surface area contributed by atoms with Crippen LogP contribution in [-0.4, -0.2) is 40.9 Å². The number of rotatable bonds is 6. The molecule has 4 nitrogen and oxygen atoms in total. The Morgan fingerprint density at radius 2 is 2.05 bits per heavy atom. The first-order chi connectivity index (χ1) is 10.3. The summed E-state index contributed by atoms with van der Waals surface area (Å²) in [7, 11) is 0. The van der Waals surface area contributed by atoms with Gasteiger partial charge in [0.15, 0.2) is 0 Å². The number of carbonyl (C=O) groups is 1. The molecule has 0 saturated carbocycles. The van der Waals surface area contributed by atoms with E-state index in [2.05, 4.69) is 13.8 Å². The van der Waals surface area contributed by atoms with Gasteiger partial charge < -0.3 is 14.7 Å². The zero-order valence-electron chi connectivity index (χ0n) is 15.1. The quantitative estimate of drug-likeness (QED) is 0.799. The fraction of sp³-hybridized carbons (Fsp3) is 0.944. The van der Waals surface area contributed by atoms with Crippen molar-refractivity contribution in [3.8, 4) is 0 Å². The van der Waals surface area contributed by atoms with Gasteiger partial charge in [-0.15, -0.1) is 0 Å². The van der Waals surface area contributed by atoms with Gasteiger partial charge in [0.2, 0.25) is 0 Å². The van der Waals surface area contributed by atoms with Gasteiger partial charge in [-0.2, -0.15) is 0 Å². The molecule has 0 aromatic carbocycles. The standard InChI is InChI=1S/C18H35NO3/c1-6-8-9-14(7-2)12-15-13-19(11-10-16(15)20)17(21)22-18(3,4)5/h14-16,20H,6-13H2,1-5H3. The van der Waals surface area contributed by atoms with Crippen molar-refractivity contribution in [1.82, 2.24) is 4.90 Å². The summed E-state index contributed by atoms with van der Waals surface area (Å²) < 4.78 is 5.46. The predicted molar refractivity (Wildman–Crippen MR) is 89.8 cm³/mol. The predicted octanol–water partition coefficient (Wildman–Crippen LogP) is 4.21. The molecule has 1 saturated heterocycles. The first-order valence-electron chi connectivity index (χ1n) is 8.92. The number of likely N-dealkylation sites (tertiary alicyclic amines) is 1. The van der Waals surface area contributed by atoms with E-state index in [9.17, 15) is 9.90 Å². The fourth-order valence-corrected chi connectivity index (χ4v) is 3.15. The lowest BCUT2D eigenvalue weighted by Crippen LogP contribution is -2.48. The van der Waals surface area contributed by atoms with E-state index in [1.165, 1.54) is 19.3 Å². The first kappa shape index (κ1) is 19.3. The highest BCUT2D eigenvalue weighted by atomic mass is 16.6. The van der Waals surface area contributed by atoms with E-state index in [0.29, 0.717) is 25.4 Å². The van der Waals surface area contributed by atoms with Crippen molar-refractivity contribution in [3.05, 3.63) is 0 Å². The topological polar surface area (TPSA) is 49.8 Å². The van der Waals surface area contributed by atoms with E-state index in [0.717, 1.165) is 12.8 Å². The van der Waals surface area contributed by atoms with Gasteiger partial charge in [-0.05, 0) is 39.5 Å². The number of aliphatic hydroxyl groups is 1. The van der Waals surface area contributed by atoms with Crippen LogP contribution in [0, 0.1) is 11.8 Å². The molecule has 1 rings (SSSR count). The summed E-state index contributed by atoms with van der Waals surface area (Å²) in [6, 6.07) is 0. The minimum Gasteiger partial charge on any atom is -0.444 e. The molecule has 1 aliphatic rings. The number of hydrogen-bond donors (Lipinski definition) is 1. The SMILES string of the molecule is CCCCC(CC)CC1CN(C(=O)OC(C)(C)C)CCC1O. The van der Waals surface area contributed by atoms with E-state index < -0.39 is 5.60 Å². The van der Waals surface area contributed by atoms with Crippen LogP contribution in [0.5, 0.6) is 0 Å². The van der Waals surface area contributed by atoms with Gasteiger partial charge in [-0.1, -0.05) is 39.5 Å². The Morgan fingerprint density at radius 3 is 2.59 bits per heavy atom. The van der Waals surface area contributed by atoms with Crippen molar-refractivity contribution in [2.24, 2.45) is 11.8 Å². The number of unbranched alkanes of at least 4 members (excludes halogenated alkanes) is 1. The van der Waals surface area contributed by atoms with Crippen molar-refractivity contribution in [2.45, 2.75) is 84.8 Å². The van der Waals surface area contributed by atoms with E-state index in [-0.39, 0.29) is 18.1 Å². The Labute approximate surface area is 136 Å². The molecule has 1 heterocycles. The summed E-state index contributed by atoms with van der Waals surface area (Å²) in [5.74, 6) is 0.835. The summed E-state index contributed by atoms with van der Waals surface area (Å²) in [5.41, 5.74) is -0.463. The molecule has 22 heavy (non-hydrogen) atoms. The third-order valence-corrected chi connectivity index (χ3v) is 4.52. The fourth-order valence-electron chi connectivity index (χ4n) is 3.15. The first-order valence-corrected chi connectivity index (χ1v) is 8.92. The number of ether oxygens (including phenoxy) is 1. The number of aliphatic hydroxyl groups excluding tert-OH is 1. The maximum Gasteiger partial charge on any atom is 0.410 e. The van der Waals surface area contributed by atoms with Gasteiger partial charge in [-0.25, -0.2) is 4.79 Å². The molecule has 4 heteroatoms. The Kier molecular flexibility index (Phi) is 7.67. The van der Waals surface area contributed by atoms with Gasteiger partial charge >= 0.3 is 6.09 Å². The zero-order chi connectivity index (χ0) is 16.8. The van der Waals surface area contributed by atoms with Crippen LogP contribution >= 0.6 is 0 Å². The van der Waals surface area contributed by atoms with Crippen LogP contribution in [0.2, 0.25) is 0 Å². The van der Waals surface area contributed by atoms with Crippen molar-refractivity contribution in [2.75, 3.05) is 13.1 Å². The number of piperidine rings is 1. The molecule has 1 fully saturated rings. The van der Waals surface area contributed by atoms with Crippen LogP contribution in [-0.2, 0) is 4.74 Å². The van der Waals surface area contributed by atoms with Crippen molar-refractivity contribution >= 4 is 6.09 Å². The summed E-state index contributed by atoms with van der Waals surface area (Å²) in [6.07, 6.45) is 5.98. The molecular weight excluding hydrogens is 278 g/mol. The number of amides is 1. The number of nitrogens with zero attached hydrogens (tertiary/aromatic N) is 1. The molecule has 3 unspecified atom stereocenters. The zero-order valence-corrected chi connectivity index (χ0v) is 15.1. The Bertz CT molecular complexity index is 338. The second-order valence-corrected chi connectivity index (χ2v) is 7.69. The molecule has 1 amide bonds. The van der Waals surface area contributed by atoms with Crippen molar-refractivity contribution in [3.63, 3.8) is 0 Å². The summed E-state index contributed by atoms with van der Waals surface area (Å²) in [4.78, 5) is 14.0. The van der Waals surface area contributed by atoms with Gasteiger partial charge in [-0.3, -0.25) is 0 Å². The van der Waals surface area contributed by atoms with Gasteiger partial charge in [0.25, 0.3) is 0 Å². The maximum atomic E-state index is 12.2. The van der Waals surface area contributed by atoms with E-state index in [1.807, 2.05) is 20.8 Å². The molecular formula is C18H35NO3. The normalized spacial score (nSPS) is 24.2. The molecule has 3 atom stereocenters. The van der Waals surface area contributed by atoms with Crippen LogP contribution in [0.1, 0.15) is 73.1 Å². The summed E-state index contributed by atoms with van der Waals surface area (Å²) in [5, 5.41) is 10.3. The number of carbonyl (C=O) groups excluding carboxylic acids is 1. The largest absolute Gasteiger partial charge is 0.444 e. The lowest BCUT2D eigenvalue weighted by atomic mass is 9.83. The van der Waals surface area contributed by atoms with Crippen LogP contribution in [0.25, 0.3) is 0 Å². The Morgan fingerprint density at radius 1 is 1.36 bits per heavy atom. The van der Waals surface area contributed by atoms with Gasteiger partial charge in [0.1, 0.15) is 5.60 Å².